The normalized spacial score (nSPS) is 15.8. The summed E-state index contributed by atoms with van der Waals surface area (Å²) < 4.78 is 47.1. The molecule has 0 bridgehead atoms. The summed E-state index contributed by atoms with van der Waals surface area (Å²) in [6.45, 7) is 2.29. The third-order valence-corrected chi connectivity index (χ3v) is 6.38. The number of halogens is 3. The number of ether oxygens (including phenoxy) is 1. The van der Waals surface area contributed by atoms with E-state index in [0.717, 1.165) is 29.6 Å². The Balaban J connectivity index is 1.50. The SMILES string of the molecule is COc1ncc(-c2c3c(nn2C)[C@H](C)N(C(=O)c2ccc4ncccc4c2)CC3)cc1C(F)(F)F. The summed E-state index contributed by atoms with van der Waals surface area (Å²) >= 11 is 0. The van der Waals surface area contributed by atoms with E-state index in [0.29, 0.717) is 35.5 Å². The van der Waals surface area contributed by atoms with Gasteiger partial charge in [0.1, 0.15) is 5.56 Å². The lowest BCUT2D eigenvalue weighted by atomic mass is 9.95. The predicted octanol–water partition coefficient (Wildman–Crippen LogP) is 4.82. The topological polar surface area (TPSA) is 73.1 Å². The van der Waals surface area contributed by atoms with Gasteiger partial charge in [0.15, 0.2) is 0 Å². The molecule has 0 unspecified atom stereocenters. The number of fused-ring (bicyclic) bond motifs is 2. The van der Waals surface area contributed by atoms with Crippen molar-refractivity contribution in [2.45, 2.75) is 25.6 Å². The molecule has 10 heteroatoms. The highest BCUT2D eigenvalue weighted by molar-refractivity contribution is 5.98. The minimum Gasteiger partial charge on any atom is -0.481 e. The highest BCUT2D eigenvalue weighted by Gasteiger charge is 2.37. The van der Waals surface area contributed by atoms with Crippen LogP contribution in [0, 0.1) is 0 Å². The average molecular weight is 481 g/mol. The minimum atomic E-state index is -4.61. The molecular formula is C25H22F3N5O2. The number of pyridine rings is 2. The lowest BCUT2D eigenvalue weighted by molar-refractivity contribution is -0.139. The number of hydrogen-bond acceptors (Lipinski definition) is 5. The maximum absolute atomic E-state index is 13.6. The number of nitrogens with zero attached hydrogens (tertiary/aromatic N) is 5. The van der Waals surface area contributed by atoms with Crippen LogP contribution in [0.4, 0.5) is 13.2 Å². The van der Waals surface area contributed by atoms with E-state index >= 15 is 0 Å². The monoisotopic (exact) mass is 481 g/mol. The number of hydrogen-bond donors (Lipinski definition) is 0. The first kappa shape index (κ1) is 22.8. The van der Waals surface area contributed by atoms with Crippen LogP contribution in [0.1, 0.15) is 40.1 Å². The number of methoxy groups -OCH3 is 1. The first-order valence-electron chi connectivity index (χ1n) is 11.0. The van der Waals surface area contributed by atoms with Gasteiger partial charge < -0.3 is 9.64 Å². The van der Waals surface area contributed by atoms with Crippen LogP contribution in [0.15, 0.2) is 48.8 Å². The Hall–Kier alpha value is -3.95. The highest BCUT2D eigenvalue weighted by atomic mass is 19.4. The maximum atomic E-state index is 13.6. The molecule has 0 fully saturated rings. The minimum absolute atomic E-state index is 0.133. The number of amides is 1. The van der Waals surface area contributed by atoms with Crippen LogP contribution < -0.4 is 4.74 Å². The fraction of sp³-hybridized carbons (Fsp3) is 0.280. The zero-order valence-electron chi connectivity index (χ0n) is 19.3. The Bertz CT molecular complexity index is 1450. The summed E-state index contributed by atoms with van der Waals surface area (Å²) in [5.74, 6) is -0.611. The number of carbonyl (C=O) groups excluding carboxylic acids is 1. The smallest absolute Gasteiger partial charge is 0.421 e. The van der Waals surface area contributed by atoms with E-state index in [1.54, 1.807) is 28.9 Å². The first-order valence-corrected chi connectivity index (χ1v) is 11.0. The van der Waals surface area contributed by atoms with Gasteiger partial charge in [-0.25, -0.2) is 4.98 Å². The van der Waals surface area contributed by atoms with E-state index in [1.165, 1.54) is 6.20 Å². The van der Waals surface area contributed by atoms with Crippen molar-refractivity contribution < 1.29 is 22.7 Å². The largest absolute Gasteiger partial charge is 0.481 e. The van der Waals surface area contributed by atoms with E-state index in [1.807, 2.05) is 31.2 Å². The fourth-order valence-corrected chi connectivity index (χ4v) is 4.70. The second kappa shape index (κ2) is 8.37. The van der Waals surface area contributed by atoms with Gasteiger partial charge in [0.25, 0.3) is 5.91 Å². The van der Waals surface area contributed by atoms with E-state index in [2.05, 4.69) is 15.1 Å². The third-order valence-electron chi connectivity index (χ3n) is 6.38. The summed E-state index contributed by atoms with van der Waals surface area (Å²) in [5, 5.41) is 5.46. The zero-order chi connectivity index (χ0) is 24.9. The van der Waals surface area contributed by atoms with E-state index in [9.17, 15) is 18.0 Å². The maximum Gasteiger partial charge on any atom is 0.421 e. The lowest BCUT2D eigenvalue weighted by Crippen LogP contribution is -2.38. The Morgan fingerprint density at radius 3 is 2.71 bits per heavy atom. The number of aryl methyl sites for hydroxylation is 1. The molecule has 0 saturated carbocycles. The number of alkyl halides is 3. The van der Waals surface area contributed by atoms with E-state index in [-0.39, 0.29) is 11.9 Å². The van der Waals surface area contributed by atoms with Crippen LogP contribution in [0.3, 0.4) is 0 Å². The lowest BCUT2D eigenvalue weighted by Gasteiger charge is -2.33. The number of aromatic nitrogens is 4. The highest BCUT2D eigenvalue weighted by Crippen LogP contribution is 2.40. The van der Waals surface area contributed by atoms with Gasteiger partial charge in [0.2, 0.25) is 5.88 Å². The molecule has 1 amide bonds. The number of benzene rings is 1. The summed E-state index contributed by atoms with van der Waals surface area (Å²) in [5.41, 5.74) is 2.73. The van der Waals surface area contributed by atoms with Crippen molar-refractivity contribution in [2.24, 2.45) is 7.05 Å². The van der Waals surface area contributed by atoms with Crippen LogP contribution in [-0.2, 0) is 19.6 Å². The molecule has 4 heterocycles. The Morgan fingerprint density at radius 2 is 1.97 bits per heavy atom. The van der Waals surface area contributed by atoms with Crippen LogP contribution >= 0.6 is 0 Å². The average Bonchev–Trinajstić information content (AvgIpc) is 3.19. The third kappa shape index (κ3) is 3.88. The molecule has 7 nitrogen and oxygen atoms in total. The Kier molecular flexibility index (Phi) is 5.46. The molecule has 0 spiro atoms. The van der Waals surface area contributed by atoms with Crippen LogP contribution in [0.25, 0.3) is 22.2 Å². The Morgan fingerprint density at radius 1 is 1.17 bits per heavy atom. The molecule has 1 aromatic carbocycles. The molecule has 1 aliphatic rings. The van der Waals surface area contributed by atoms with Gasteiger partial charge in [-0.3, -0.25) is 14.5 Å². The molecule has 0 N–H and O–H groups in total. The van der Waals surface area contributed by atoms with E-state index < -0.39 is 17.6 Å². The van der Waals surface area contributed by atoms with Crippen molar-refractivity contribution in [3.05, 3.63) is 71.2 Å². The standard InChI is InChI=1S/C25H22F3N5O2/c1-14-21-18(8-10-33(14)24(34)16-6-7-20-15(11-16)5-4-9-29-20)22(32(2)31-21)17-12-19(25(26,27)28)23(35-3)30-13-17/h4-7,9,11-14H,8,10H2,1-3H3/t14-/m0/s1. The molecule has 35 heavy (non-hydrogen) atoms. The first-order chi connectivity index (χ1) is 16.7. The molecule has 1 aliphatic heterocycles. The van der Waals surface area contributed by atoms with Crippen molar-refractivity contribution >= 4 is 16.8 Å². The van der Waals surface area contributed by atoms with Gasteiger partial charge >= 0.3 is 6.18 Å². The summed E-state index contributed by atoms with van der Waals surface area (Å²) in [7, 11) is 2.84. The van der Waals surface area contributed by atoms with Crippen LogP contribution in [-0.4, -0.2) is 44.2 Å². The van der Waals surface area contributed by atoms with E-state index in [4.69, 9.17) is 4.74 Å². The quantitative estimate of drug-likeness (QED) is 0.420. The van der Waals surface area contributed by atoms with Crippen molar-refractivity contribution in [3.63, 3.8) is 0 Å². The van der Waals surface area contributed by atoms with Crippen molar-refractivity contribution in [1.82, 2.24) is 24.6 Å². The molecule has 5 rings (SSSR count). The predicted molar refractivity (Wildman–Crippen MR) is 123 cm³/mol. The molecule has 3 aromatic heterocycles. The molecule has 0 radical (unpaired) electrons. The molecule has 4 aromatic rings. The molecule has 1 atom stereocenters. The van der Waals surface area contributed by atoms with Gasteiger partial charge in [0, 0.05) is 48.1 Å². The molecular weight excluding hydrogens is 459 g/mol. The van der Waals surface area contributed by atoms with Crippen LogP contribution in [0.2, 0.25) is 0 Å². The van der Waals surface area contributed by atoms with Crippen molar-refractivity contribution in [3.8, 4) is 17.1 Å². The van der Waals surface area contributed by atoms with Gasteiger partial charge in [-0.15, -0.1) is 0 Å². The van der Waals surface area contributed by atoms with Crippen LogP contribution in [0.5, 0.6) is 5.88 Å². The van der Waals surface area contributed by atoms with Crippen molar-refractivity contribution in [1.29, 1.82) is 0 Å². The van der Waals surface area contributed by atoms with Gasteiger partial charge in [-0.05, 0) is 43.7 Å². The summed E-state index contributed by atoms with van der Waals surface area (Å²) in [6, 6.07) is 9.79. The zero-order valence-corrected chi connectivity index (χ0v) is 19.3. The van der Waals surface area contributed by atoms with Gasteiger partial charge in [-0.2, -0.15) is 18.3 Å². The van der Waals surface area contributed by atoms with Gasteiger partial charge in [0.05, 0.1) is 30.1 Å². The summed E-state index contributed by atoms with van der Waals surface area (Å²) in [4.78, 5) is 23.3. The Labute approximate surface area is 199 Å². The fourth-order valence-electron chi connectivity index (χ4n) is 4.70. The molecule has 180 valence electrons. The molecule has 0 saturated heterocycles. The molecule has 0 aliphatic carbocycles. The second-order valence-corrected chi connectivity index (χ2v) is 8.45. The summed E-state index contributed by atoms with van der Waals surface area (Å²) in [6.07, 6.45) is -1.10. The van der Waals surface area contributed by atoms with Gasteiger partial charge in [-0.1, -0.05) is 6.07 Å². The van der Waals surface area contributed by atoms with Crippen molar-refractivity contribution in [2.75, 3.05) is 13.7 Å². The number of rotatable bonds is 3. The second-order valence-electron chi connectivity index (χ2n) is 8.45. The number of carbonyl (C=O) groups is 1.